The van der Waals surface area contributed by atoms with E-state index in [1.807, 2.05) is 0 Å². The first-order chi connectivity index (χ1) is 11.0. The fraction of sp³-hybridized carbons (Fsp3) is 0.125. The van der Waals surface area contributed by atoms with Crippen molar-refractivity contribution >= 4 is 17.3 Å². The van der Waals surface area contributed by atoms with Crippen molar-refractivity contribution in [2.45, 2.75) is 13.8 Å². The number of carbonyl (C=O) groups is 1. The Balaban J connectivity index is 2.33. The molecular formula is C16H12FN3O2S. The van der Waals surface area contributed by atoms with Crippen LogP contribution >= 0.6 is 11.3 Å². The minimum atomic E-state index is -1.15. The third-order valence-electron chi connectivity index (χ3n) is 3.45. The van der Waals surface area contributed by atoms with Crippen molar-refractivity contribution in [3.8, 4) is 22.1 Å². The lowest BCUT2D eigenvalue weighted by Crippen LogP contribution is -2.09. The second-order valence-electron chi connectivity index (χ2n) is 4.91. The second-order valence-corrected chi connectivity index (χ2v) is 5.81. The highest BCUT2D eigenvalue weighted by molar-refractivity contribution is 7.13. The van der Waals surface area contributed by atoms with E-state index in [0.717, 1.165) is 0 Å². The maximum atomic E-state index is 13.9. The maximum Gasteiger partial charge on any atom is 0.339 e. The van der Waals surface area contributed by atoms with E-state index < -0.39 is 11.8 Å². The van der Waals surface area contributed by atoms with Gasteiger partial charge in [0.15, 0.2) is 10.8 Å². The average Bonchev–Trinajstić information content (AvgIpc) is 3.03. The molecule has 0 spiro atoms. The topological polar surface area (TPSA) is 76.0 Å². The summed E-state index contributed by atoms with van der Waals surface area (Å²) in [4.78, 5) is 24.4. The van der Waals surface area contributed by atoms with Gasteiger partial charge in [0.1, 0.15) is 11.4 Å². The zero-order chi connectivity index (χ0) is 16.6. The number of aromatic carboxylic acids is 1. The van der Waals surface area contributed by atoms with Crippen molar-refractivity contribution in [1.82, 2.24) is 15.0 Å². The number of benzene rings is 1. The summed E-state index contributed by atoms with van der Waals surface area (Å²) in [5, 5.41) is 11.9. The van der Waals surface area contributed by atoms with Crippen molar-refractivity contribution in [3.63, 3.8) is 0 Å². The molecule has 23 heavy (non-hydrogen) atoms. The Morgan fingerprint density at radius 2 is 2.04 bits per heavy atom. The van der Waals surface area contributed by atoms with E-state index in [-0.39, 0.29) is 11.3 Å². The predicted molar refractivity (Wildman–Crippen MR) is 85.0 cm³/mol. The average molecular weight is 329 g/mol. The van der Waals surface area contributed by atoms with E-state index in [4.69, 9.17) is 0 Å². The number of halogens is 1. The molecule has 0 unspecified atom stereocenters. The van der Waals surface area contributed by atoms with Crippen LogP contribution in [0.25, 0.3) is 22.1 Å². The van der Waals surface area contributed by atoms with Gasteiger partial charge in [-0.15, -0.1) is 11.3 Å². The van der Waals surface area contributed by atoms with Crippen LogP contribution in [-0.4, -0.2) is 26.0 Å². The lowest BCUT2D eigenvalue weighted by Gasteiger charge is -2.12. The Morgan fingerprint density at radius 1 is 1.26 bits per heavy atom. The molecule has 0 saturated carbocycles. The summed E-state index contributed by atoms with van der Waals surface area (Å²) in [5.41, 5.74) is 1.27. The van der Waals surface area contributed by atoms with Gasteiger partial charge in [0.2, 0.25) is 0 Å². The number of aryl methyl sites for hydroxylation is 1. The monoisotopic (exact) mass is 329 g/mol. The lowest BCUT2D eigenvalue weighted by molar-refractivity contribution is 0.0696. The Morgan fingerprint density at radius 3 is 2.70 bits per heavy atom. The highest BCUT2D eigenvalue weighted by Gasteiger charge is 2.22. The molecule has 0 saturated heterocycles. The quantitative estimate of drug-likeness (QED) is 0.792. The first kappa shape index (κ1) is 15.2. The molecule has 2 aromatic heterocycles. The number of rotatable bonds is 3. The van der Waals surface area contributed by atoms with E-state index in [1.54, 1.807) is 31.5 Å². The van der Waals surface area contributed by atoms with Crippen molar-refractivity contribution in [2.24, 2.45) is 0 Å². The number of carboxylic acid groups (broad SMARTS) is 1. The number of hydrogen-bond donors (Lipinski definition) is 1. The summed E-state index contributed by atoms with van der Waals surface area (Å²) >= 11 is 1.35. The Hall–Kier alpha value is -2.67. The molecule has 0 aliphatic rings. The molecule has 1 aromatic carbocycles. The zero-order valence-electron chi connectivity index (χ0n) is 12.4. The standard InChI is InChI=1S/C16H12FN3O2S/c1-8-10(4-3-5-11(8)17)13-12(16(21)22)9(2)19-14(20-13)15-18-6-7-23-15/h3-7H,1-2H3,(H,21,22). The molecule has 0 bridgehead atoms. The third kappa shape index (κ3) is 2.70. The SMILES string of the molecule is Cc1nc(-c2nccs2)nc(-c2cccc(F)c2C)c1C(=O)O. The summed E-state index contributed by atoms with van der Waals surface area (Å²) < 4.78 is 13.9. The molecule has 0 radical (unpaired) electrons. The number of hydrogen-bond acceptors (Lipinski definition) is 5. The van der Waals surface area contributed by atoms with E-state index in [1.165, 1.54) is 23.5 Å². The van der Waals surface area contributed by atoms with E-state index in [0.29, 0.717) is 27.7 Å². The molecule has 1 N–H and O–H groups in total. The first-order valence-electron chi connectivity index (χ1n) is 6.76. The second kappa shape index (κ2) is 5.85. The van der Waals surface area contributed by atoms with Crippen molar-refractivity contribution in [3.05, 3.63) is 52.4 Å². The molecule has 2 heterocycles. The third-order valence-corrected chi connectivity index (χ3v) is 4.22. The number of carboxylic acids is 1. The van der Waals surface area contributed by atoms with Crippen LogP contribution in [0.4, 0.5) is 4.39 Å². The normalized spacial score (nSPS) is 10.7. The van der Waals surface area contributed by atoms with Crippen molar-refractivity contribution in [1.29, 1.82) is 0 Å². The molecule has 0 aliphatic carbocycles. The fourth-order valence-electron chi connectivity index (χ4n) is 2.32. The van der Waals surface area contributed by atoms with Crippen molar-refractivity contribution < 1.29 is 14.3 Å². The molecule has 3 rings (SSSR count). The summed E-state index contributed by atoms with van der Waals surface area (Å²) in [5.74, 6) is -1.22. The molecule has 5 nitrogen and oxygen atoms in total. The van der Waals surface area contributed by atoms with Gasteiger partial charge in [-0.1, -0.05) is 12.1 Å². The number of nitrogens with zero attached hydrogens (tertiary/aromatic N) is 3. The lowest BCUT2D eigenvalue weighted by atomic mass is 10.00. The molecule has 116 valence electrons. The largest absolute Gasteiger partial charge is 0.478 e. The molecule has 0 atom stereocenters. The minimum Gasteiger partial charge on any atom is -0.478 e. The highest BCUT2D eigenvalue weighted by Crippen LogP contribution is 2.30. The van der Waals surface area contributed by atoms with Crippen LogP contribution in [0.15, 0.2) is 29.8 Å². The minimum absolute atomic E-state index is 0.0287. The van der Waals surface area contributed by atoms with Gasteiger partial charge in [-0.3, -0.25) is 0 Å². The van der Waals surface area contributed by atoms with E-state index in [9.17, 15) is 14.3 Å². The highest BCUT2D eigenvalue weighted by atomic mass is 32.1. The van der Waals surface area contributed by atoms with E-state index >= 15 is 0 Å². The molecular weight excluding hydrogens is 317 g/mol. The Kier molecular flexibility index (Phi) is 3.87. The zero-order valence-corrected chi connectivity index (χ0v) is 13.2. The van der Waals surface area contributed by atoms with Crippen LogP contribution in [-0.2, 0) is 0 Å². The van der Waals surface area contributed by atoms with Gasteiger partial charge in [-0.05, 0) is 25.5 Å². The number of aromatic nitrogens is 3. The van der Waals surface area contributed by atoms with Gasteiger partial charge >= 0.3 is 5.97 Å². The molecule has 3 aromatic rings. The molecule has 0 aliphatic heterocycles. The van der Waals surface area contributed by atoms with Crippen LogP contribution < -0.4 is 0 Å². The van der Waals surface area contributed by atoms with Crippen LogP contribution in [0.3, 0.4) is 0 Å². The summed E-state index contributed by atoms with van der Waals surface area (Å²) in [7, 11) is 0. The maximum absolute atomic E-state index is 13.9. The van der Waals surface area contributed by atoms with Gasteiger partial charge in [-0.2, -0.15) is 0 Å². The smallest absolute Gasteiger partial charge is 0.339 e. The van der Waals surface area contributed by atoms with Crippen LogP contribution in [0.2, 0.25) is 0 Å². The van der Waals surface area contributed by atoms with Crippen LogP contribution in [0, 0.1) is 19.7 Å². The van der Waals surface area contributed by atoms with Gasteiger partial charge < -0.3 is 5.11 Å². The molecule has 0 fully saturated rings. The van der Waals surface area contributed by atoms with E-state index in [2.05, 4.69) is 15.0 Å². The van der Waals surface area contributed by atoms with Crippen LogP contribution in [0.1, 0.15) is 21.6 Å². The van der Waals surface area contributed by atoms with Gasteiger partial charge in [0, 0.05) is 17.1 Å². The first-order valence-corrected chi connectivity index (χ1v) is 7.64. The van der Waals surface area contributed by atoms with Gasteiger partial charge in [0.05, 0.1) is 11.4 Å². The summed E-state index contributed by atoms with van der Waals surface area (Å²) in [6.07, 6.45) is 1.62. The molecule has 0 amide bonds. The summed E-state index contributed by atoms with van der Waals surface area (Å²) in [6, 6.07) is 4.51. The summed E-state index contributed by atoms with van der Waals surface area (Å²) in [6.45, 7) is 3.19. The number of thiazole rings is 1. The van der Waals surface area contributed by atoms with Crippen LogP contribution in [0.5, 0.6) is 0 Å². The Labute approximate surface area is 135 Å². The van der Waals surface area contributed by atoms with Crippen molar-refractivity contribution in [2.75, 3.05) is 0 Å². The predicted octanol–water partition coefficient (Wildman–Crippen LogP) is 3.72. The Bertz CT molecular complexity index is 895. The van der Waals surface area contributed by atoms with Gasteiger partial charge in [0.25, 0.3) is 0 Å². The molecule has 7 heteroatoms. The van der Waals surface area contributed by atoms with Gasteiger partial charge in [-0.25, -0.2) is 24.1 Å². The fourth-order valence-corrected chi connectivity index (χ4v) is 2.89.